The highest BCUT2D eigenvalue weighted by Gasteiger charge is 2.26. The number of benzene rings is 1. The predicted molar refractivity (Wildman–Crippen MR) is 88.9 cm³/mol. The van der Waals surface area contributed by atoms with Crippen molar-refractivity contribution >= 4 is 5.91 Å². The van der Waals surface area contributed by atoms with Crippen LogP contribution in [0.3, 0.4) is 0 Å². The molecule has 1 aliphatic carbocycles. The smallest absolute Gasteiger partial charge is 0.223 e. The molecule has 0 heterocycles. The zero-order chi connectivity index (χ0) is 15.6. The van der Waals surface area contributed by atoms with E-state index in [0.717, 1.165) is 38.8 Å². The first-order valence-corrected chi connectivity index (χ1v) is 8.33. The van der Waals surface area contributed by atoms with Crippen LogP contribution in [0.15, 0.2) is 30.3 Å². The first kappa shape index (κ1) is 17.0. The van der Waals surface area contributed by atoms with E-state index in [-0.39, 0.29) is 11.8 Å². The van der Waals surface area contributed by atoms with Crippen molar-refractivity contribution in [1.29, 1.82) is 0 Å². The summed E-state index contributed by atoms with van der Waals surface area (Å²) in [6, 6.07) is 10.7. The van der Waals surface area contributed by atoms with Crippen LogP contribution in [0.2, 0.25) is 0 Å². The summed E-state index contributed by atoms with van der Waals surface area (Å²) in [5.41, 5.74) is 1.42. The number of hydrogen-bond acceptors (Lipinski definition) is 3. The molecule has 2 N–H and O–H groups in total. The quantitative estimate of drug-likeness (QED) is 0.725. The summed E-state index contributed by atoms with van der Waals surface area (Å²) in [6.45, 7) is 3.03. The van der Waals surface area contributed by atoms with Crippen molar-refractivity contribution < 1.29 is 9.53 Å². The van der Waals surface area contributed by atoms with E-state index in [1.807, 2.05) is 0 Å². The van der Waals surface area contributed by atoms with Gasteiger partial charge in [-0.05, 0) is 37.2 Å². The van der Waals surface area contributed by atoms with Crippen molar-refractivity contribution in [2.75, 3.05) is 33.4 Å². The third-order valence-corrected chi connectivity index (χ3v) is 4.45. The van der Waals surface area contributed by atoms with Gasteiger partial charge in [0, 0.05) is 32.7 Å². The Kier molecular flexibility index (Phi) is 7.40. The molecule has 4 heteroatoms. The highest BCUT2D eigenvalue weighted by molar-refractivity contribution is 5.78. The van der Waals surface area contributed by atoms with Crippen molar-refractivity contribution in [3.63, 3.8) is 0 Å². The van der Waals surface area contributed by atoms with Crippen molar-refractivity contribution in [2.24, 2.45) is 5.92 Å². The molecule has 22 heavy (non-hydrogen) atoms. The van der Waals surface area contributed by atoms with Gasteiger partial charge in [-0.1, -0.05) is 30.3 Å². The largest absolute Gasteiger partial charge is 0.383 e. The van der Waals surface area contributed by atoms with E-state index in [4.69, 9.17) is 4.74 Å². The molecule has 1 saturated carbocycles. The first-order valence-electron chi connectivity index (χ1n) is 8.33. The monoisotopic (exact) mass is 304 g/mol. The molecule has 1 aromatic carbocycles. The molecule has 1 aromatic rings. The molecule has 1 aliphatic rings. The summed E-state index contributed by atoms with van der Waals surface area (Å²) in [5, 5.41) is 6.28. The van der Waals surface area contributed by atoms with Crippen LogP contribution in [0, 0.1) is 5.92 Å². The molecule has 4 nitrogen and oxygen atoms in total. The maximum atomic E-state index is 12.2. The summed E-state index contributed by atoms with van der Waals surface area (Å²) in [5.74, 6) is 1.04. The third-order valence-electron chi connectivity index (χ3n) is 4.45. The van der Waals surface area contributed by atoms with Crippen LogP contribution in [0.5, 0.6) is 0 Å². The van der Waals surface area contributed by atoms with Crippen molar-refractivity contribution in [2.45, 2.75) is 31.6 Å². The van der Waals surface area contributed by atoms with E-state index in [0.29, 0.717) is 19.1 Å². The van der Waals surface area contributed by atoms with Crippen LogP contribution in [-0.2, 0) is 9.53 Å². The van der Waals surface area contributed by atoms with Crippen LogP contribution in [0.25, 0.3) is 0 Å². The van der Waals surface area contributed by atoms with Gasteiger partial charge < -0.3 is 15.4 Å². The predicted octanol–water partition coefficient (Wildman–Crippen LogP) is 2.31. The van der Waals surface area contributed by atoms with Gasteiger partial charge in [0.15, 0.2) is 0 Å². The second-order valence-corrected chi connectivity index (χ2v) is 5.99. The summed E-state index contributed by atoms with van der Waals surface area (Å²) in [4.78, 5) is 12.2. The van der Waals surface area contributed by atoms with E-state index in [1.165, 1.54) is 5.56 Å². The zero-order valence-corrected chi connectivity index (χ0v) is 13.5. The van der Waals surface area contributed by atoms with Gasteiger partial charge in [-0.25, -0.2) is 0 Å². The molecule has 1 amide bonds. The molecule has 0 saturated heterocycles. The lowest BCUT2D eigenvalue weighted by Gasteiger charge is -2.28. The number of hydrogen-bond donors (Lipinski definition) is 2. The normalized spacial score (nSPS) is 21.5. The molecule has 0 spiro atoms. The molecule has 2 rings (SSSR count). The second-order valence-electron chi connectivity index (χ2n) is 5.99. The molecular formula is C18H28N2O2. The molecule has 0 aliphatic heterocycles. The molecule has 1 fully saturated rings. The van der Waals surface area contributed by atoms with Crippen LogP contribution < -0.4 is 10.6 Å². The van der Waals surface area contributed by atoms with Gasteiger partial charge in [-0.3, -0.25) is 4.79 Å². The number of carbonyl (C=O) groups is 1. The molecule has 0 bridgehead atoms. The number of rotatable bonds is 8. The Morgan fingerprint density at radius 1 is 1.09 bits per heavy atom. The van der Waals surface area contributed by atoms with E-state index < -0.39 is 0 Å². The van der Waals surface area contributed by atoms with E-state index in [9.17, 15) is 4.79 Å². The summed E-state index contributed by atoms with van der Waals surface area (Å²) < 4.78 is 4.96. The van der Waals surface area contributed by atoms with Gasteiger partial charge in [0.05, 0.1) is 6.61 Å². The van der Waals surface area contributed by atoms with Crippen molar-refractivity contribution in [3.05, 3.63) is 35.9 Å². The molecule has 0 atom stereocenters. The fraction of sp³-hybridized carbons (Fsp3) is 0.611. The Bertz CT molecular complexity index is 428. The topological polar surface area (TPSA) is 50.4 Å². The van der Waals surface area contributed by atoms with Crippen LogP contribution in [0.1, 0.15) is 37.2 Å². The minimum absolute atomic E-state index is 0.193. The van der Waals surface area contributed by atoms with E-state index in [1.54, 1.807) is 7.11 Å². The van der Waals surface area contributed by atoms with Gasteiger partial charge in [0.1, 0.15) is 0 Å². The number of ether oxygens (including phenoxy) is 1. The molecule has 0 aromatic heterocycles. The van der Waals surface area contributed by atoms with E-state index >= 15 is 0 Å². The average Bonchev–Trinajstić information content (AvgIpc) is 2.59. The Morgan fingerprint density at radius 2 is 1.82 bits per heavy atom. The minimum Gasteiger partial charge on any atom is -0.383 e. The van der Waals surface area contributed by atoms with Gasteiger partial charge in [-0.2, -0.15) is 0 Å². The van der Waals surface area contributed by atoms with Crippen molar-refractivity contribution in [3.8, 4) is 0 Å². The van der Waals surface area contributed by atoms with Crippen LogP contribution in [-0.4, -0.2) is 39.3 Å². The van der Waals surface area contributed by atoms with E-state index in [2.05, 4.69) is 41.0 Å². The minimum atomic E-state index is 0.193. The van der Waals surface area contributed by atoms with Crippen LogP contribution in [0.4, 0.5) is 0 Å². The lowest BCUT2D eigenvalue weighted by atomic mass is 9.78. The average molecular weight is 304 g/mol. The maximum Gasteiger partial charge on any atom is 0.223 e. The molecular weight excluding hydrogens is 276 g/mol. The summed E-state index contributed by atoms with van der Waals surface area (Å²) in [7, 11) is 1.69. The van der Waals surface area contributed by atoms with Gasteiger partial charge in [-0.15, -0.1) is 0 Å². The SMILES string of the molecule is COCCNCCNC(=O)C1CCC(c2ccccc2)CC1. The van der Waals surface area contributed by atoms with Gasteiger partial charge >= 0.3 is 0 Å². The summed E-state index contributed by atoms with van der Waals surface area (Å²) >= 11 is 0. The Morgan fingerprint density at radius 3 is 2.50 bits per heavy atom. The Hall–Kier alpha value is -1.39. The Balaban J connectivity index is 1.63. The standard InChI is InChI=1S/C18H28N2O2/c1-22-14-13-19-11-12-20-18(21)17-9-7-16(8-10-17)15-5-3-2-4-6-15/h2-6,16-17,19H,7-14H2,1H3,(H,20,21). The maximum absolute atomic E-state index is 12.2. The van der Waals surface area contributed by atoms with Gasteiger partial charge in [0.2, 0.25) is 5.91 Å². The lowest BCUT2D eigenvalue weighted by molar-refractivity contribution is -0.125. The molecule has 0 unspecified atom stereocenters. The number of amides is 1. The van der Waals surface area contributed by atoms with Crippen LogP contribution >= 0.6 is 0 Å². The third kappa shape index (κ3) is 5.43. The molecule has 122 valence electrons. The second kappa shape index (κ2) is 9.59. The first-order chi connectivity index (χ1) is 10.8. The fourth-order valence-electron chi connectivity index (χ4n) is 3.13. The van der Waals surface area contributed by atoms with Gasteiger partial charge in [0.25, 0.3) is 0 Å². The highest BCUT2D eigenvalue weighted by Crippen LogP contribution is 2.35. The molecule has 0 radical (unpaired) electrons. The number of nitrogens with one attached hydrogen (secondary N) is 2. The zero-order valence-electron chi connectivity index (χ0n) is 13.5. The highest BCUT2D eigenvalue weighted by atomic mass is 16.5. The summed E-state index contributed by atoms with van der Waals surface area (Å²) in [6.07, 6.45) is 4.24. The Labute approximate surface area is 133 Å². The number of carbonyl (C=O) groups excluding carboxylic acids is 1. The fourth-order valence-corrected chi connectivity index (χ4v) is 3.13. The lowest BCUT2D eigenvalue weighted by Crippen LogP contribution is -2.37. The van der Waals surface area contributed by atoms with Crippen molar-refractivity contribution in [1.82, 2.24) is 10.6 Å². The number of methoxy groups -OCH3 is 1.